The van der Waals surface area contributed by atoms with E-state index in [2.05, 4.69) is 9.97 Å². The van der Waals surface area contributed by atoms with Crippen molar-refractivity contribution >= 4 is 5.91 Å². The number of imidazole rings is 1. The number of aromatic amines is 1. The van der Waals surface area contributed by atoms with Gasteiger partial charge in [0.15, 0.2) is 0 Å². The van der Waals surface area contributed by atoms with E-state index >= 15 is 0 Å². The zero-order chi connectivity index (χ0) is 22.0. The molecule has 2 aromatic carbocycles. The highest BCUT2D eigenvalue weighted by atomic mass is 19.4. The number of carbonyl (C=O) groups is 1. The lowest BCUT2D eigenvalue weighted by molar-refractivity contribution is -0.140. The number of ether oxygens (including phenoxy) is 1. The maximum Gasteiger partial charge on any atom is 0.419 e. The van der Waals surface area contributed by atoms with Crippen LogP contribution in [0.4, 0.5) is 17.6 Å². The molecule has 1 amide bonds. The normalized spacial score (nSPS) is 13.7. The van der Waals surface area contributed by atoms with Gasteiger partial charge in [0.1, 0.15) is 23.1 Å². The second kappa shape index (κ2) is 8.41. The number of aryl methyl sites for hydroxylation is 1. The number of hydrogen-bond donors (Lipinski definition) is 1. The standard InChI is InChI=1S/C22H19F4N3O2/c23-19-12-17(3-4-18(19)22(24,25)26)31-16-2-1-14-7-10-29(13-15(14)11-16)21(30)6-5-20-27-8-9-28-20/h1-4,8-9,11-12H,5-7,10,13H2,(H,27,28). The summed E-state index contributed by atoms with van der Waals surface area (Å²) in [6, 6.07) is 7.72. The fraction of sp³-hybridized carbons (Fsp3) is 0.273. The fourth-order valence-electron chi connectivity index (χ4n) is 3.55. The fourth-order valence-corrected chi connectivity index (χ4v) is 3.55. The number of alkyl halides is 3. The number of nitrogens with one attached hydrogen (secondary N) is 1. The van der Waals surface area contributed by atoms with Crippen LogP contribution in [0, 0.1) is 5.82 Å². The van der Waals surface area contributed by atoms with Crippen LogP contribution in [-0.4, -0.2) is 27.3 Å². The van der Waals surface area contributed by atoms with Crippen LogP contribution in [0.1, 0.15) is 28.9 Å². The third-order valence-electron chi connectivity index (χ3n) is 5.15. The predicted molar refractivity (Wildman–Crippen MR) is 104 cm³/mol. The number of carbonyl (C=O) groups excluding carboxylic acids is 1. The van der Waals surface area contributed by atoms with Crippen LogP contribution in [0.2, 0.25) is 0 Å². The van der Waals surface area contributed by atoms with Gasteiger partial charge in [-0.3, -0.25) is 4.79 Å². The molecule has 0 saturated carbocycles. The van der Waals surface area contributed by atoms with E-state index in [1.165, 1.54) is 0 Å². The zero-order valence-corrected chi connectivity index (χ0v) is 16.4. The highest BCUT2D eigenvalue weighted by Crippen LogP contribution is 2.34. The predicted octanol–water partition coefficient (Wildman–Crippen LogP) is 4.88. The number of benzene rings is 2. The summed E-state index contributed by atoms with van der Waals surface area (Å²) < 4.78 is 57.5. The molecule has 31 heavy (non-hydrogen) atoms. The molecular formula is C22H19F4N3O2. The highest BCUT2D eigenvalue weighted by Gasteiger charge is 2.34. The van der Waals surface area contributed by atoms with E-state index in [1.54, 1.807) is 29.4 Å². The molecule has 0 atom stereocenters. The topological polar surface area (TPSA) is 58.2 Å². The first kappa shape index (κ1) is 20.9. The maximum atomic E-state index is 13.8. The summed E-state index contributed by atoms with van der Waals surface area (Å²) in [6.07, 6.45) is 0.141. The van der Waals surface area contributed by atoms with Crippen LogP contribution >= 0.6 is 0 Å². The van der Waals surface area contributed by atoms with Crippen LogP contribution in [0.3, 0.4) is 0 Å². The molecule has 0 fully saturated rings. The van der Waals surface area contributed by atoms with E-state index in [0.29, 0.717) is 50.2 Å². The number of H-pyrrole nitrogens is 1. The summed E-state index contributed by atoms with van der Waals surface area (Å²) in [5.41, 5.74) is 0.623. The van der Waals surface area contributed by atoms with E-state index in [1.807, 2.05) is 6.07 Å². The average Bonchev–Trinajstić information content (AvgIpc) is 3.24. The molecule has 0 aliphatic carbocycles. The summed E-state index contributed by atoms with van der Waals surface area (Å²) >= 11 is 0. The lowest BCUT2D eigenvalue weighted by Gasteiger charge is -2.29. The summed E-state index contributed by atoms with van der Waals surface area (Å²) in [6.45, 7) is 1.01. The second-order valence-corrected chi connectivity index (χ2v) is 7.27. The van der Waals surface area contributed by atoms with Crippen LogP contribution in [0.5, 0.6) is 11.5 Å². The molecule has 1 aromatic heterocycles. The number of nitrogens with zero attached hydrogens (tertiary/aromatic N) is 2. The molecule has 9 heteroatoms. The van der Waals surface area contributed by atoms with Gasteiger partial charge in [0, 0.05) is 44.4 Å². The zero-order valence-electron chi connectivity index (χ0n) is 16.4. The summed E-state index contributed by atoms with van der Waals surface area (Å²) in [5, 5.41) is 0. The first-order valence-corrected chi connectivity index (χ1v) is 9.72. The van der Waals surface area contributed by atoms with E-state index < -0.39 is 17.6 Å². The highest BCUT2D eigenvalue weighted by molar-refractivity contribution is 5.76. The Balaban J connectivity index is 1.43. The van der Waals surface area contributed by atoms with Crippen molar-refractivity contribution in [1.29, 1.82) is 0 Å². The van der Waals surface area contributed by atoms with Crippen molar-refractivity contribution in [2.24, 2.45) is 0 Å². The molecule has 2 heterocycles. The van der Waals surface area contributed by atoms with Crippen molar-refractivity contribution in [1.82, 2.24) is 14.9 Å². The van der Waals surface area contributed by atoms with E-state index in [4.69, 9.17) is 4.74 Å². The Bertz CT molecular complexity index is 1080. The van der Waals surface area contributed by atoms with Gasteiger partial charge in [0.2, 0.25) is 5.91 Å². The monoisotopic (exact) mass is 433 g/mol. The summed E-state index contributed by atoms with van der Waals surface area (Å²) in [7, 11) is 0. The van der Waals surface area contributed by atoms with Crippen molar-refractivity contribution in [2.75, 3.05) is 6.54 Å². The number of fused-ring (bicyclic) bond motifs is 1. The van der Waals surface area contributed by atoms with Gasteiger partial charge in [0.05, 0.1) is 5.56 Å². The van der Waals surface area contributed by atoms with Crippen LogP contribution in [0.25, 0.3) is 0 Å². The molecule has 5 nitrogen and oxygen atoms in total. The molecule has 4 rings (SSSR count). The van der Waals surface area contributed by atoms with Gasteiger partial charge in [-0.15, -0.1) is 0 Å². The number of hydrogen-bond acceptors (Lipinski definition) is 3. The van der Waals surface area contributed by atoms with Gasteiger partial charge in [-0.05, 0) is 41.8 Å². The van der Waals surface area contributed by atoms with Gasteiger partial charge in [-0.2, -0.15) is 13.2 Å². The largest absolute Gasteiger partial charge is 0.457 e. The van der Waals surface area contributed by atoms with Crippen molar-refractivity contribution in [3.8, 4) is 11.5 Å². The van der Waals surface area contributed by atoms with Gasteiger partial charge >= 0.3 is 6.18 Å². The summed E-state index contributed by atoms with van der Waals surface area (Å²) in [5.74, 6) is -0.296. The number of rotatable bonds is 5. The smallest absolute Gasteiger partial charge is 0.419 e. The molecule has 1 aliphatic heterocycles. The Kier molecular flexibility index (Phi) is 5.67. The minimum Gasteiger partial charge on any atom is -0.457 e. The van der Waals surface area contributed by atoms with E-state index in [-0.39, 0.29) is 11.7 Å². The molecule has 0 bridgehead atoms. The number of halogens is 4. The molecule has 162 valence electrons. The van der Waals surface area contributed by atoms with E-state index in [0.717, 1.165) is 23.0 Å². The Labute approximate surface area is 175 Å². The lowest BCUT2D eigenvalue weighted by atomic mass is 9.99. The second-order valence-electron chi connectivity index (χ2n) is 7.27. The molecule has 0 spiro atoms. The van der Waals surface area contributed by atoms with Gasteiger partial charge in [0.25, 0.3) is 0 Å². The lowest BCUT2D eigenvalue weighted by Crippen LogP contribution is -2.36. The number of amides is 1. The van der Waals surface area contributed by atoms with Crippen LogP contribution in [-0.2, 0) is 30.4 Å². The van der Waals surface area contributed by atoms with Crippen molar-refractivity contribution < 1.29 is 27.1 Å². The molecule has 0 saturated heterocycles. The van der Waals surface area contributed by atoms with Crippen molar-refractivity contribution in [3.05, 3.63) is 77.1 Å². The molecule has 3 aromatic rings. The van der Waals surface area contributed by atoms with Crippen LogP contribution in [0.15, 0.2) is 48.8 Å². The molecule has 1 N–H and O–H groups in total. The average molecular weight is 433 g/mol. The minimum absolute atomic E-state index is 0.0122. The molecule has 1 aliphatic rings. The van der Waals surface area contributed by atoms with E-state index in [9.17, 15) is 22.4 Å². The Morgan fingerprint density at radius 1 is 1.13 bits per heavy atom. The van der Waals surface area contributed by atoms with Crippen molar-refractivity contribution in [2.45, 2.75) is 32.0 Å². The molecule has 0 radical (unpaired) electrons. The van der Waals surface area contributed by atoms with Gasteiger partial charge < -0.3 is 14.6 Å². The number of aromatic nitrogens is 2. The minimum atomic E-state index is -4.76. The Morgan fingerprint density at radius 3 is 2.61 bits per heavy atom. The van der Waals surface area contributed by atoms with Gasteiger partial charge in [-0.25, -0.2) is 9.37 Å². The maximum absolute atomic E-state index is 13.8. The molecular weight excluding hydrogens is 414 g/mol. The van der Waals surface area contributed by atoms with Gasteiger partial charge in [-0.1, -0.05) is 6.07 Å². The first-order chi connectivity index (χ1) is 14.8. The van der Waals surface area contributed by atoms with Crippen molar-refractivity contribution in [3.63, 3.8) is 0 Å². The quantitative estimate of drug-likeness (QED) is 0.584. The summed E-state index contributed by atoms with van der Waals surface area (Å²) in [4.78, 5) is 21.4. The third-order valence-corrected chi connectivity index (χ3v) is 5.15. The molecule has 0 unspecified atom stereocenters. The first-order valence-electron chi connectivity index (χ1n) is 9.72. The SMILES string of the molecule is O=C(CCc1ncc[nH]1)N1CCc2ccc(Oc3ccc(C(F)(F)F)c(F)c3)cc2C1. The third kappa shape index (κ3) is 4.87. The Hall–Kier alpha value is -3.36. The van der Waals surface area contributed by atoms with Crippen LogP contribution < -0.4 is 4.74 Å². The Morgan fingerprint density at radius 2 is 1.90 bits per heavy atom.